The first-order valence-corrected chi connectivity index (χ1v) is 14.2. The van der Waals surface area contributed by atoms with Crippen LogP contribution in [0.4, 0.5) is 0 Å². The predicted molar refractivity (Wildman–Crippen MR) is 128 cm³/mol. The van der Waals surface area contributed by atoms with Gasteiger partial charge < -0.3 is 0 Å². The Morgan fingerprint density at radius 1 is 0.667 bits per heavy atom. The lowest BCUT2D eigenvalue weighted by Crippen LogP contribution is -2.59. The summed E-state index contributed by atoms with van der Waals surface area (Å²) < 4.78 is 0. The second-order valence-corrected chi connectivity index (χ2v) is 12.2. The van der Waals surface area contributed by atoms with E-state index in [1.807, 2.05) is 0 Å². The van der Waals surface area contributed by atoms with Gasteiger partial charge in [-0.25, -0.2) is 0 Å². The highest BCUT2D eigenvalue weighted by molar-refractivity contribution is 5.96. The van der Waals surface area contributed by atoms with Gasteiger partial charge in [0.05, 0.1) is 0 Å². The average Bonchev–Trinajstić information content (AvgIpc) is 2.80. The monoisotopic (exact) mass is 414 g/mol. The Labute approximate surface area is 187 Å². The highest BCUT2D eigenvalue weighted by Gasteiger charge is 2.63. The zero-order chi connectivity index (χ0) is 21.0. The van der Waals surface area contributed by atoms with Crippen molar-refractivity contribution in [2.24, 2.45) is 34.5 Å². The number of ketones is 1. The first kappa shape index (κ1) is 22.8. The molecule has 0 aromatic heterocycles. The summed E-state index contributed by atoms with van der Waals surface area (Å²) >= 11 is 0. The molecule has 4 saturated carbocycles. The smallest absolute Gasteiger partial charge is 0.145 e. The van der Waals surface area contributed by atoms with E-state index in [2.05, 4.69) is 13.8 Å². The second-order valence-electron chi connectivity index (χ2n) is 12.2. The molecule has 0 amide bonds. The molecule has 1 heteroatoms. The molecule has 2 spiro atoms. The van der Waals surface area contributed by atoms with Crippen molar-refractivity contribution in [2.45, 2.75) is 142 Å². The van der Waals surface area contributed by atoms with Crippen LogP contribution in [0.1, 0.15) is 142 Å². The fourth-order valence-corrected chi connectivity index (χ4v) is 8.36. The van der Waals surface area contributed by atoms with Crippen molar-refractivity contribution in [3.05, 3.63) is 0 Å². The van der Waals surface area contributed by atoms with Gasteiger partial charge in [0.15, 0.2) is 0 Å². The van der Waals surface area contributed by atoms with Gasteiger partial charge in [-0.05, 0) is 94.3 Å². The molecule has 0 aromatic carbocycles. The van der Waals surface area contributed by atoms with Crippen LogP contribution >= 0.6 is 0 Å². The van der Waals surface area contributed by atoms with E-state index in [0.717, 1.165) is 29.5 Å². The Kier molecular flexibility index (Phi) is 7.68. The molecule has 30 heavy (non-hydrogen) atoms. The fourth-order valence-electron chi connectivity index (χ4n) is 8.36. The van der Waals surface area contributed by atoms with Crippen LogP contribution in [0, 0.1) is 34.5 Å². The van der Waals surface area contributed by atoms with Crippen LogP contribution in [-0.4, -0.2) is 5.78 Å². The third-order valence-corrected chi connectivity index (χ3v) is 10.5. The molecular formula is C29H50O. The van der Waals surface area contributed by atoms with E-state index in [-0.39, 0.29) is 10.8 Å². The van der Waals surface area contributed by atoms with Crippen LogP contribution in [0.25, 0.3) is 0 Å². The number of rotatable bonds is 8. The highest BCUT2D eigenvalue weighted by Crippen LogP contribution is 2.64. The predicted octanol–water partition coefficient (Wildman–Crippen LogP) is 8.89. The molecule has 4 aliphatic rings. The van der Waals surface area contributed by atoms with Crippen LogP contribution in [0.2, 0.25) is 0 Å². The maximum Gasteiger partial charge on any atom is 0.145 e. The lowest BCUT2D eigenvalue weighted by molar-refractivity contribution is -0.169. The van der Waals surface area contributed by atoms with E-state index in [9.17, 15) is 4.79 Å². The lowest BCUT2D eigenvalue weighted by atomic mass is 9.43. The first-order valence-electron chi connectivity index (χ1n) is 14.2. The molecule has 0 bridgehead atoms. The van der Waals surface area contributed by atoms with Gasteiger partial charge in [-0.15, -0.1) is 0 Å². The Bertz CT molecular complexity index is 539. The summed E-state index contributed by atoms with van der Waals surface area (Å²) in [6.07, 6.45) is 27.6. The van der Waals surface area contributed by atoms with E-state index in [1.54, 1.807) is 0 Å². The zero-order valence-corrected chi connectivity index (χ0v) is 20.4. The summed E-state index contributed by atoms with van der Waals surface area (Å²) in [5.74, 6) is 4.60. The molecule has 4 rings (SSSR count). The maximum atomic E-state index is 13.4. The SMILES string of the molecule is CCCCCCCC1CCC(C2CCC3(CC2)CC2(CCC(CC)CC2)C3=O)CC1. The number of hydrogen-bond donors (Lipinski definition) is 0. The molecular weight excluding hydrogens is 364 g/mol. The zero-order valence-electron chi connectivity index (χ0n) is 20.4. The molecule has 0 radical (unpaired) electrons. The van der Waals surface area contributed by atoms with Crippen LogP contribution < -0.4 is 0 Å². The third-order valence-electron chi connectivity index (χ3n) is 10.5. The van der Waals surface area contributed by atoms with Crippen molar-refractivity contribution in [1.29, 1.82) is 0 Å². The molecule has 0 N–H and O–H groups in total. The third kappa shape index (κ3) is 4.71. The fraction of sp³-hybridized carbons (Fsp3) is 0.966. The summed E-state index contributed by atoms with van der Waals surface area (Å²) in [5, 5.41) is 0. The van der Waals surface area contributed by atoms with E-state index in [1.165, 1.54) is 128 Å². The molecule has 0 aliphatic heterocycles. The molecule has 172 valence electrons. The topological polar surface area (TPSA) is 17.1 Å². The minimum Gasteiger partial charge on any atom is -0.298 e. The number of unbranched alkanes of at least 4 members (excludes halogenated alkanes) is 4. The van der Waals surface area contributed by atoms with Crippen molar-refractivity contribution in [3.8, 4) is 0 Å². The van der Waals surface area contributed by atoms with Crippen LogP contribution in [0.5, 0.6) is 0 Å². The Morgan fingerprint density at radius 3 is 1.80 bits per heavy atom. The minimum atomic E-state index is 0.144. The first-order chi connectivity index (χ1) is 14.6. The molecule has 4 fully saturated rings. The quantitative estimate of drug-likeness (QED) is 0.362. The molecule has 4 aliphatic carbocycles. The van der Waals surface area contributed by atoms with E-state index >= 15 is 0 Å². The Hall–Kier alpha value is -0.330. The van der Waals surface area contributed by atoms with E-state index in [4.69, 9.17) is 0 Å². The molecule has 0 heterocycles. The van der Waals surface area contributed by atoms with Crippen LogP contribution in [0.15, 0.2) is 0 Å². The summed E-state index contributed by atoms with van der Waals surface area (Å²) in [6.45, 7) is 4.64. The molecule has 1 nitrogen and oxygen atoms in total. The Morgan fingerprint density at radius 2 is 1.23 bits per heavy atom. The van der Waals surface area contributed by atoms with Gasteiger partial charge in [0, 0.05) is 10.8 Å². The minimum absolute atomic E-state index is 0.144. The van der Waals surface area contributed by atoms with E-state index in [0.29, 0.717) is 0 Å². The van der Waals surface area contributed by atoms with Gasteiger partial charge >= 0.3 is 0 Å². The number of carbonyl (C=O) groups excluding carboxylic acids is 1. The number of hydrogen-bond acceptors (Lipinski definition) is 1. The van der Waals surface area contributed by atoms with Gasteiger partial charge in [0.25, 0.3) is 0 Å². The van der Waals surface area contributed by atoms with Crippen molar-refractivity contribution >= 4 is 5.78 Å². The van der Waals surface area contributed by atoms with Gasteiger partial charge in [-0.2, -0.15) is 0 Å². The molecule has 0 unspecified atom stereocenters. The summed E-state index contributed by atoms with van der Waals surface area (Å²) in [5.41, 5.74) is 0.291. The highest BCUT2D eigenvalue weighted by atomic mass is 16.1. The Balaban J connectivity index is 1.16. The number of carbonyl (C=O) groups is 1. The average molecular weight is 415 g/mol. The summed E-state index contributed by atoms with van der Waals surface area (Å²) in [4.78, 5) is 13.4. The van der Waals surface area contributed by atoms with Crippen molar-refractivity contribution in [2.75, 3.05) is 0 Å². The van der Waals surface area contributed by atoms with Gasteiger partial charge in [-0.3, -0.25) is 4.79 Å². The van der Waals surface area contributed by atoms with Crippen molar-refractivity contribution in [3.63, 3.8) is 0 Å². The normalized spacial score (nSPS) is 41.9. The van der Waals surface area contributed by atoms with Crippen LogP contribution in [0.3, 0.4) is 0 Å². The summed E-state index contributed by atoms with van der Waals surface area (Å²) in [7, 11) is 0. The van der Waals surface area contributed by atoms with Gasteiger partial charge in [0.2, 0.25) is 0 Å². The molecule has 0 atom stereocenters. The molecule has 0 saturated heterocycles. The lowest BCUT2D eigenvalue weighted by Gasteiger charge is -2.59. The van der Waals surface area contributed by atoms with Crippen molar-refractivity contribution in [1.82, 2.24) is 0 Å². The second kappa shape index (κ2) is 10.1. The largest absolute Gasteiger partial charge is 0.298 e. The van der Waals surface area contributed by atoms with Crippen molar-refractivity contribution < 1.29 is 4.79 Å². The van der Waals surface area contributed by atoms with Gasteiger partial charge in [-0.1, -0.05) is 71.6 Å². The number of Topliss-reactive ketones (excluding diaryl/α,β-unsaturated/α-hetero) is 1. The van der Waals surface area contributed by atoms with Crippen LogP contribution in [-0.2, 0) is 4.79 Å². The van der Waals surface area contributed by atoms with E-state index < -0.39 is 0 Å². The maximum absolute atomic E-state index is 13.4. The summed E-state index contributed by atoms with van der Waals surface area (Å²) in [6, 6.07) is 0. The standard InChI is InChI=1S/C29H50O/c1-3-5-6-7-8-9-24-10-12-25(13-11-24)26-16-20-29(21-17-26)22-28(27(29)30)18-14-23(4-2)15-19-28/h23-26H,3-22H2,1-2H3. The van der Waals surface area contributed by atoms with Gasteiger partial charge in [0.1, 0.15) is 5.78 Å². The molecule has 0 aromatic rings.